The van der Waals surface area contributed by atoms with Gasteiger partial charge in [-0.05, 0) is 36.4 Å². The molecule has 9 nitrogen and oxygen atoms in total. The molecule has 0 spiro atoms. The smallest absolute Gasteiger partial charge is 0.344 e. The second-order valence-electron chi connectivity index (χ2n) is 4.94. The minimum Gasteiger partial charge on any atom is -0.497 e. The van der Waals surface area contributed by atoms with E-state index in [-0.39, 0.29) is 13.2 Å². The van der Waals surface area contributed by atoms with E-state index in [4.69, 9.17) is 18.6 Å². The van der Waals surface area contributed by atoms with Crippen molar-refractivity contribution < 1.29 is 33.0 Å². The quantitative estimate of drug-likeness (QED) is 0.679. The molecule has 2 aromatic rings. The van der Waals surface area contributed by atoms with Crippen molar-refractivity contribution in [3.8, 4) is 11.5 Å². The van der Waals surface area contributed by atoms with Gasteiger partial charge in [-0.3, -0.25) is 10.1 Å². The van der Waals surface area contributed by atoms with Gasteiger partial charge in [0, 0.05) is 0 Å². The monoisotopic (exact) mass is 362 g/mol. The summed E-state index contributed by atoms with van der Waals surface area (Å²) in [7, 11) is 1.54. The van der Waals surface area contributed by atoms with Crippen molar-refractivity contribution in [3.63, 3.8) is 0 Å². The third-order valence-electron chi connectivity index (χ3n) is 3.04. The van der Waals surface area contributed by atoms with E-state index in [2.05, 4.69) is 5.32 Å². The lowest BCUT2D eigenvalue weighted by atomic mass is 10.3. The van der Waals surface area contributed by atoms with Crippen LogP contribution < -0.4 is 20.1 Å². The fourth-order valence-electron chi connectivity index (χ4n) is 1.79. The SMILES string of the molecule is COc1ccc(OCC(=O)OCC(=O)NC(=O)NCc2ccco2)cc1. The van der Waals surface area contributed by atoms with Gasteiger partial charge in [-0.2, -0.15) is 0 Å². The van der Waals surface area contributed by atoms with Crippen LogP contribution in [-0.2, 0) is 20.9 Å². The number of benzene rings is 1. The predicted octanol–water partition coefficient (Wildman–Crippen LogP) is 1.24. The van der Waals surface area contributed by atoms with Crippen LogP contribution in [0.4, 0.5) is 4.79 Å². The van der Waals surface area contributed by atoms with Crippen LogP contribution in [0.1, 0.15) is 5.76 Å². The second kappa shape index (κ2) is 9.72. The van der Waals surface area contributed by atoms with Gasteiger partial charge in [0.15, 0.2) is 13.2 Å². The van der Waals surface area contributed by atoms with Crippen molar-refractivity contribution in [2.45, 2.75) is 6.54 Å². The Morgan fingerprint density at radius 3 is 2.42 bits per heavy atom. The Balaban J connectivity index is 1.61. The molecule has 0 saturated heterocycles. The fraction of sp³-hybridized carbons (Fsp3) is 0.235. The van der Waals surface area contributed by atoms with Gasteiger partial charge in [0.2, 0.25) is 0 Å². The van der Waals surface area contributed by atoms with Crippen LogP contribution in [0.15, 0.2) is 47.1 Å². The van der Waals surface area contributed by atoms with Gasteiger partial charge in [0.25, 0.3) is 5.91 Å². The molecule has 0 fully saturated rings. The van der Waals surface area contributed by atoms with Crippen molar-refractivity contribution in [2.75, 3.05) is 20.3 Å². The molecular weight excluding hydrogens is 344 g/mol. The summed E-state index contributed by atoms with van der Waals surface area (Å²) in [5, 5.41) is 4.44. The van der Waals surface area contributed by atoms with E-state index in [0.717, 1.165) is 0 Å². The number of amides is 3. The molecule has 0 aliphatic rings. The van der Waals surface area contributed by atoms with Crippen molar-refractivity contribution >= 4 is 17.9 Å². The van der Waals surface area contributed by atoms with Crippen LogP contribution in [-0.4, -0.2) is 38.2 Å². The molecule has 1 aromatic carbocycles. The van der Waals surface area contributed by atoms with E-state index in [9.17, 15) is 14.4 Å². The van der Waals surface area contributed by atoms with Crippen LogP contribution in [0.5, 0.6) is 11.5 Å². The lowest BCUT2D eigenvalue weighted by molar-refractivity contribution is -0.150. The molecule has 9 heteroatoms. The van der Waals surface area contributed by atoms with Gasteiger partial charge in [-0.15, -0.1) is 0 Å². The van der Waals surface area contributed by atoms with E-state index in [1.165, 1.54) is 13.4 Å². The van der Waals surface area contributed by atoms with Gasteiger partial charge < -0.3 is 23.9 Å². The largest absolute Gasteiger partial charge is 0.497 e. The minimum atomic E-state index is -0.764. The van der Waals surface area contributed by atoms with E-state index >= 15 is 0 Å². The Hall–Kier alpha value is -3.49. The van der Waals surface area contributed by atoms with Crippen molar-refractivity contribution in [1.82, 2.24) is 10.6 Å². The molecule has 0 saturated carbocycles. The van der Waals surface area contributed by atoms with Gasteiger partial charge in [0.1, 0.15) is 17.3 Å². The number of urea groups is 1. The molecule has 0 atom stereocenters. The number of carbonyl (C=O) groups is 3. The maximum atomic E-state index is 11.5. The molecule has 138 valence electrons. The molecule has 1 aromatic heterocycles. The summed E-state index contributed by atoms with van der Waals surface area (Å²) in [5.74, 6) is 0.132. The number of methoxy groups -OCH3 is 1. The summed E-state index contributed by atoms with van der Waals surface area (Å²) in [6.07, 6.45) is 1.47. The van der Waals surface area contributed by atoms with Crippen LogP contribution in [0.3, 0.4) is 0 Å². The molecule has 2 N–H and O–H groups in total. The standard InChI is InChI=1S/C17H18N2O7/c1-23-12-4-6-13(7-5-12)25-11-16(21)26-10-15(20)19-17(22)18-9-14-3-2-8-24-14/h2-8H,9-11H2,1H3,(H2,18,19,20,22). The zero-order valence-electron chi connectivity index (χ0n) is 14.0. The third-order valence-corrected chi connectivity index (χ3v) is 3.04. The highest BCUT2D eigenvalue weighted by molar-refractivity contribution is 5.95. The average Bonchev–Trinajstić information content (AvgIpc) is 3.17. The molecule has 0 aliphatic heterocycles. The van der Waals surface area contributed by atoms with Gasteiger partial charge >= 0.3 is 12.0 Å². The summed E-state index contributed by atoms with van der Waals surface area (Å²) in [5.41, 5.74) is 0. The van der Waals surface area contributed by atoms with E-state index < -0.39 is 24.5 Å². The number of nitrogens with one attached hydrogen (secondary N) is 2. The summed E-state index contributed by atoms with van der Waals surface area (Å²) < 4.78 is 20.0. The Morgan fingerprint density at radius 1 is 1.04 bits per heavy atom. The first-order valence-corrected chi connectivity index (χ1v) is 7.59. The van der Waals surface area contributed by atoms with Gasteiger partial charge in [-0.1, -0.05) is 0 Å². The Bertz CT molecular complexity index is 726. The second-order valence-corrected chi connectivity index (χ2v) is 4.94. The van der Waals surface area contributed by atoms with E-state index in [1.807, 2.05) is 5.32 Å². The van der Waals surface area contributed by atoms with Crippen LogP contribution in [0.2, 0.25) is 0 Å². The first kappa shape index (κ1) is 18.8. The number of rotatable bonds is 8. The zero-order valence-corrected chi connectivity index (χ0v) is 14.0. The summed E-state index contributed by atoms with van der Waals surface area (Å²) in [4.78, 5) is 34.6. The topological polar surface area (TPSA) is 116 Å². The molecule has 0 aliphatic carbocycles. The van der Waals surface area contributed by atoms with E-state index in [1.54, 1.807) is 36.4 Å². The van der Waals surface area contributed by atoms with Crippen LogP contribution in [0, 0.1) is 0 Å². The zero-order chi connectivity index (χ0) is 18.8. The van der Waals surface area contributed by atoms with Crippen LogP contribution in [0.25, 0.3) is 0 Å². The molecule has 2 rings (SSSR count). The highest BCUT2D eigenvalue weighted by Crippen LogP contribution is 2.16. The number of ether oxygens (including phenoxy) is 3. The number of furan rings is 1. The molecule has 0 unspecified atom stereocenters. The van der Waals surface area contributed by atoms with Crippen LogP contribution >= 0.6 is 0 Å². The molecular formula is C17H18N2O7. The van der Waals surface area contributed by atoms with Gasteiger partial charge in [0.05, 0.1) is 19.9 Å². The predicted molar refractivity (Wildman–Crippen MR) is 88.5 cm³/mol. The van der Waals surface area contributed by atoms with Gasteiger partial charge in [-0.25, -0.2) is 9.59 Å². The maximum Gasteiger partial charge on any atom is 0.344 e. The number of carbonyl (C=O) groups excluding carboxylic acids is 3. The number of hydrogen-bond donors (Lipinski definition) is 2. The first-order chi connectivity index (χ1) is 12.6. The minimum absolute atomic E-state index is 0.127. The number of imide groups is 1. The molecule has 26 heavy (non-hydrogen) atoms. The maximum absolute atomic E-state index is 11.5. The Kier molecular flexibility index (Phi) is 7.04. The summed E-state index contributed by atoms with van der Waals surface area (Å²) >= 11 is 0. The third kappa shape index (κ3) is 6.56. The van der Waals surface area contributed by atoms with Crippen molar-refractivity contribution in [3.05, 3.63) is 48.4 Å². The van der Waals surface area contributed by atoms with Crippen molar-refractivity contribution in [2.24, 2.45) is 0 Å². The fourth-order valence-corrected chi connectivity index (χ4v) is 1.79. The average molecular weight is 362 g/mol. The molecule has 0 radical (unpaired) electrons. The Labute approximate surface area is 149 Å². The lowest BCUT2D eigenvalue weighted by Crippen LogP contribution is -2.41. The first-order valence-electron chi connectivity index (χ1n) is 7.59. The Morgan fingerprint density at radius 2 is 1.77 bits per heavy atom. The number of esters is 1. The number of hydrogen-bond acceptors (Lipinski definition) is 7. The highest BCUT2D eigenvalue weighted by Gasteiger charge is 2.11. The summed E-state index contributed by atoms with van der Waals surface area (Å²) in [6.45, 7) is -0.842. The lowest BCUT2D eigenvalue weighted by Gasteiger charge is -2.08. The van der Waals surface area contributed by atoms with Crippen molar-refractivity contribution in [1.29, 1.82) is 0 Å². The normalized spacial score (nSPS) is 9.88. The molecule has 1 heterocycles. The molecule has 3 amide bonds. The van der Waals surface area contributed by atoms with E-state index in [0.29, 0.717) is 17.3 Å². The summed E-state index contributed by atoms with van der Waals surface area (Å²) in [6, 6.07) is 9.23. The molecule has 0 bridgehead atoms. The highest BCUT2D eigenvalue weighted by atomic mass is 16.6.